The molecule has 2 N–H and O–H groups in total. The fourth-order valence-corrected chi connectivity index (χ4v) is 3.17. The molecule has 2 aromatic carbocycles. The van der Waals surface area contributed by atoms with E-state index in [0.717, 1.165) is 24.5 Å². The lowest BCUT2D eigenvalue weighted by Crippen LogP contribution is -2.34. The molecule has 0 radical (unpaired) electrons. The Balaban J connectivity index is 1.70. The van der Waals surface area contributed by atoms with E-state index in [1.807, 2.05) is 24.3 Å². The summed E-state index contributed by atoms with van der Waals surface area (Å²) in [7, 11) is 1.54. The van der Waals surface area contributed by atoms with Crippen LogP contribution in [0.1, 0.15) is 23.2 Å². The van der Waals surface area contributed by atoms with Gasteiger partial charge in [-0.25, -0.2) is 0 Å². The van der Waals surface area contributed by atoms with Crippen molar-refractivity contribution in [3.05, 3.63) is 54.1 Å². The number of carbonyl (C=O) groups is 1. The number of benzene rings is 2. The third kappa shape index (κ3) is 4.09. The number of hydrogen-bond donors (Lipinski definition) is 2. The first-order chi connectivity index (χ1) is 12.2. The lowest BCUT2D eigenvalue weighted by atomic mass is 10.2. The number of para-hydroxylation sites is 3. The number of thiocarbonyl (C=S) groups is 1. The summed E-state index contributed by atoms with van der Waals surface area (Å²) in [6.45, 7) is 2.08. The van der Waals surface area contributed by atoms with Crippen LogP contribution < -0.4 is 20.3 Å². The molecule has 1 fully saturated rings. The highest BCUT2D eigenvalue weighted by molar-refractivity contribution is 7.80. The second kappa shape index (κ2) is 7.98. The molecule has 1 amide bonds. The summed E-state index contributed by atoms with van der Waals surface area (Å²) in [5, 5.41) is 6.13. The first kappa shape index (κ1) is 17.2. The van der Waals surface area contributed by atoms with E-state index in [9.17, 15) is 4.79 Å². The largest absolute Gasteiger partial charge is 0.496 e. The van der Waals surface area contributed by atoms with Gasteiger partial charge in [-0.1, -0.05) is 24.3 Å². The maximum atomic E-state index is 12.4. The van der Waals surface area contributed by atoms with Gasteiger partial charge >= 0.3 is 0 Å². The minimum atomic E-state index is -0.298. The molecule has 0 aliphatic carbocycles. The molecule has 130 valence electrons. The number of methoxy groups -OCH3 is 1. The van der Waals surface area contributed by atoms with Crippen molar-refractivity contribution in [3.8, 4) is 5.75 Å². The Morgan fingerprint density at radius 3 is 2.52 bits per heavy atom. The summed E-state index contributed by atoms with van der Waals surface area (Å²) in [6.07, 6.45) is 2.40. The highest BCUT2D eigenvalue weighted by atomic mass is 32.1. The third-order valence-electron chi connectivity index (χ3n) is 4.18. The van der Waals surface area contributed by atoms with Gasteiger partial charge in [0.15, 0.2) is 5.11 Å². The number of ether oxygens (including phenoxy) is 1. The fourth-order valence-electron chi connectivity index (χ4n) is 2.97. The van der Waals surface area contributed by atoms with Crippen LogP contribution in [0.5, 0.6) is 5.75 Å². The van der Waals surface area contributed by atoms with Crippen molar-refractivity contribution in [3.63, 3.8) is 0 Å². The number of hydrogen-bond acceptors (Lipinski definition) is 4. The molecule has 0 unspecified atom stereocenters. The lowest BCUT2D eigenvalue weighted by molar-refractivity contribution is 0.0975. The van der Waals surface area contributed by atoms with Crippen molar-refractivity contribution in [2.24, 2.45) is 0 Å². The van der Waals surface area contributed by atoms with Crippen LogP contribution in [-0.4, -0.2) is 31.2 Å². The van der Waals surface area contributed by atoms with E-state index in [1.165, 1.54) is 20.0 Å². The number of amides is 1. The van der Waals surface area contributed by atoms with Gasteiger partial charge in [-0.2, -0.15) is 0 Å². The van der Waals surface area contributed by atoms with Crippen LogP contribution in [0.4, 0.5) is 11.4 Å². The molecule has 0 spiro atoms. The predicted octanol–water partition coefficient (Wildman–Crippen LogP) is 3.42. The zero-order valence-corrected chi connectivity index (χ0v) is 14.9. The van der Waals surface area contributed by atoms with E-state index >= 15 is 0 Å². The molecule has 1 aliphatic rings. The molecule has 1 saturated heterocycles. The summed E-state index contributed by atoms with van der Waals surface area (Å²) in [4.78, 5) is 14.8. The van der Waals surface area contributed by atoms with Gasteiger partial charge in [0.05, 0.1) is 24.0 Å². The molecule has 0 saturated carbocycles. The molecule has 0 bridgehead atoms. The molecule has 1 aliphatic heterocycles. The molecule has 6 heteroatoms. The van der Waals surface area contributed by atoms with Crippen LogP contribution in [-0.2, 0) is 0 Å². The summed E-state index contributed by atoms with van der Waals surface area (Å²) in [5.41, 5.74) is 2.45. The summed E-state index contributed by atoms with van der Waals surface area (Å²) in [5.74, 6) is 0.217. The monoisotopic (exact) mass is 355 g/mol. The van der Waals surface area contributed by atoms with Gasteiger partial charge in [0.1, 0.15) is 5.75 Å². The smallest absolute Gasteiger partial charge is 0.261 e. The third-order valence-corrected chi connectivity index (χ3v) is 4.38. The molecule has 0 atom stereocenters. The van der Waals surface area contributed by atoms with E-state index in [4.69, 9.17) is 17.0 Å². The quantitative estimate of drug-likeness (QED) is 0.823. The van der Waals surface area contributed by atoms with Gasteiger partial charge in [0, 0.05) is 13.1 Å². The van der Waals surface area contributed by atoms with Gasteiger partial charge in [-0.15, -0.1) is 0 Å². The van der Waals surface area contributed by atoms with Crippen molar-refractivity contribution in [2.75, 3.05) is 30.4 Å². The van der Waals surface area contributed by atoms with Crippen molar-refractivity contribution >= 4 is 34.6 Å². The number of nitrogens with zero attached hydrogens (tertiary/aromatic N) is 1. The summed E-state index contributed by atoms with van der Waals surface area (Å²) >= 11 is 5.32. The number of nitrogens with one attached hydrogen (secondary N) is 2. The standard InChI is InChI=1S/C19H21N3O2S/c1-24-17-11-5-2-8-14(17)18(23)21-19(25)20-15-9-3-4-10-16(15)22-12-6-7-13-22/h2-5,8-11H,6-7,12-13H2,1H3,(H2,20,21,23,25). The molecule has 5 nitrogen and oxygen atoms in total. The number of anilines is 2. The van der Waals surface area contributed by atoms with Crippen LogP contribution in [0, 0.1) is 0 Å². The normalized spacial score (nSPS) is 13.4. The van der Waals surface area contributed by atoms with Gasteiger partial charge in [0.25, 0.3) is 5.91 Å². The maximum absolute atomic E-state index is 12.4. The predicted molar refractivity (Wildman–Crippen MR) is 105 cm³/mol. The second-order valence-corrected chi connectivity index (χ2v) is 6.23. The number of rotatable bonds is 4. The Hall–Kier alpha value is -2.60. The molecule has 2 aromatic rings. The Bertz CT molecular complexity index is 773. The Kier molecular flexibility index (Phi) is 5.50. The first-order valence-corrected chi connectivity index (χ1v) is 8.69. The zero-order valence-electron chi connectivity index (χ0n) is 14.1. The van der Waals surface area contributed by atoms with Crippen molar-refractivity contribution in [1.29, 1.82) is 0 Å². The molecule has 0 aromatic heterocycles. The first-order valence-electron chi connectivity index (χ1n) is 8.28. The van der Waals surface area contributed by atoms with Crippen LogP contribution in [0.25, 0.3) is 0 Å². The summed E-state index contributed by atoms with van der Waals surface area (Å²) in [6, 6.07) is 15.0. The van der Waals surface area contributed by atoms with Crippen LogP contribution in [0.15, 0.2) is 48.5 Å². The van der Waals surface area contributed by atoms with E-state index in [-0.39, 0.29) is 11.0 Å². The topological polar surface area (TPSA) is 53.6 Å². The van der Waals surface area contributed by atoms with Gasteiger partial charge in [-0.05, 0) is 49.3 Å². The SMILES string of the molecule is COc1ccccc1C(=O)NC(=S)Nc1ccccc1N1CCCC1. The van der Waals surface area contributed by atoms with E-state index in [0.29, 0.717) is 11.3 Å². The molecule has 1 heterocycles. The average molecular weight is 355 g/mol. The van der Waals surface area contributed by atoms with Crippen LogP contribution in [0.3, 0.4) is 0 Å². The maximum Gasteiger partial charge on any atom is 0.261 e. The average Bonchev–Trinajstić information content (AvgIpc) is 3.16. The van der Waals surface area contributed by atoms with Gasteiger partial charge < -0.3 is 15.0 Å². The minimum Gasteiger partial charge on any atom is -0.496 e. The fraction of sp³-hybridized carbons (Fsp3) is 0.263. The molecule has 25 heavy (non-hydrogen) atoms. The van der Waals surface area contributed by atoms with E-state index in [2.05, 4.69) is 21.6 Å². The highest BCUT2D eigenvalue weighted by Gasteiger charge is 2.17. The van der Waals surface area contributed by atoms with Gasteiger partial charge in [0.2, 0.25) is 0 Å². The Morgan fingerprint density at radius 1 is 1.08 bits per heavy atom. The Morgan fingerprint density at radius 2 is 1.76 bits per heavy atom. The minimum absolute atomic E-state index is 0.266. The van der Waals surface area contributed by atoms with E-state index in [1.54, 1.807) is 18.2 Å². The van der Waals surface area contributed by atoms with Crippen LogP contribution in [0.2, 0.25) is 0 Å². The zero-order chi connectivity index (χ0) is 17.6. The molecular weight excluding hydrogens is 334 g/mol. The highest BCUT2D eigenvalue weighted by Crippen LogP contribution is 2.28. The van der Waals surface area contributed by atoms with Gasteiger partial charge in [-0.3, -0.25) is 10.1 Å². The molecule has 3 rings (SSSR count). The number of carbonyl (C=O) groups excluding carboxylic acids is 1. The Labute approximate surface area is 153 Å². The van der Waals surface area contributed by atoms with Crippen LogP contribution >= 0.6 is 12.2 Å². The summed E-state index contributed by atoms with van der Waals surface area (Å²) < 4.78 is 5.22. The lowest BCUT2D eigenvalue weighted by Gasteiger charge is -2.22. The van der Waals surface area contributed by atoms with Crippen molar-refractivity contribution < 1.29 is 9.53 Å². The molecular formula is C19H21N3O2S. The van der Waals surface area contributed by atoms with Crippen molar-refractivity contribution in [2.45, 2.75) is 12.8 Å². The second-order valence-electron chi connectivity index (χ2n) is 5.82. The van der Waals surface area contributed by atoms with E-state index < -0.39 is 0 Å². The van der Waals surface area contributed by atoms with Crippen molar-refractivity contribution in [1.82, 2.24) is 5.32 Å².